The predicted octanol–water partition coefficient (Wildman–Crippen LogP) is 4.94. The maximum Gasteiger partial charge on any atom is 0.322 e. The Balaban J connectivity index is 1.79. The number of rotatable bonds is 3. The maximum atomic E-state index is 12.9. The quantitative estimate of drug-likeness (QED) is 0.853. The smallest absolute Gasteiger partial charge is 0.322 e. The number of fused-ring (bicyclic) bond motifs is 1. The van der Waals surface area contributed by atoms with Crippen LogP contribution in [0.15, 0.2) is 54.6 Å². The van der Waals surface area contributed by atoms with Crippen molar-refractivity contribution in [1.82, 2.24) is 5.32 Å². The molecule has 24 heavy (non-hydrogen) atoms. The number of benzene rings is 2. The molecule has 0 spiro atoms. The number of amides is 2. The molecular formula is C21H26N2O. The molecule has 0 aliphatic carbocycles. The lowest BCUT2D eigenvalue weighted by atomic mass is 9.85. The first-order valence-corrected chi connectivity index (χ1v) is 8.65. The number of nitrogens with one attached hydrogen (secondary N) is 1. The zero-order valence-corrected chi connectivity index (χ0v) is 14.8. The van der Waals surface area contributed by atoms with Gasteiger partial charge in [-0.3, -0.25) is 4.90 Å². The summed E-state index contributed by atoms with van der Waals surface area (Å²) in [5.74, 6) is 0. The highest BCUT2D eigenvalue weighted by atomic mass is 16.2. The van der Waals surface area contributed by atoms with E-state index >= 15 is 0 Å². The van der Waals surface area contributed by atoms with Gasteiger partial charge in [0.2, 0.25) is 0 Å². The molecule has 3 heteroatoms. The highest BCUT2D eigenvalue weighted by molar-refractivity contribution is 5.94. The summed E-state index contributed by atoms with van der Waals surface area (Å²) in [7, 11) is 0. The second-order valence-electron chi connectivity index (χ2n) is 7.71. The van der Waals surface area contributed by atoms with Crippen molar-refractivity contribution in [2.45, 2.75) is 39.7 Å². The molecule has 1 unspecified atom stereocenters. The van der Waals surface area contributed by atoms with Crippen LogP contribution in [0.2, 0.25) is 0 Å². The molecule has 0 aromatic heterocycles. The van der Waals surface area contributed by atoms with E-state index in [4.69, 9.17) is 0 Å². The Morgan fingerprint density at radius 3 is 2.46 bits per heavy atom. The first kappa shape index (κ1) is 16.6. The van der Waals surface area contributed by atoms with E-state index in [1.54, 1.807) is 0 Å². The lowest BCUT2D eigenvalue weighted by molar-refractivity contribution is 0.236. The Hall–Kier alpha value is -2.29. The molecular weight excluding hydrogens is 296 g/mol. The molecule has 1 atom stereocenters. The fraction of sp³-hybridized carbons (Fsp3) is 0.381. The van der Waals surface area contributed by atoms with E-state index in [1.165, 1.54) is 5.56 Å². The van der Waals surface area contributed by atoms with Gasteiger partial charge in [0.05, 0.1) is 6.04 Å². The summed E-state index contributed by atoms with van der Waals surface area (Å²) in [6, 6.07) is 18.4. The Bertz CT molecular complexity index is 703. The van der Waals surface area contributed by atoms with Gasteiger partial charge in [-0.05, 0) is 35.4 Å². The number of carbonyl (C=O) groups is 1. The molecule has 1 aliphatic rings. The van der Waals surface area contributed by atoms with Crippen molar-refractivity contribution in [3.63, 3.8) is 0 Å². The molecule has 1 heterocycles. The number of hydrogen-bond donors (Lipinski definition) is 1. The molecule has 0 radical (unpaired) electrons. The third-order valence-corrected chi connectivity index (χ3v) is 4.45. The molecule has 2 aromatic carbocycles. The highest BCUT2D eigenvalue weighted by Gasteiger charge is 2.28. The zero-order valence-electron chi connectivity index (χ0n) is 14.8. The second kappa shape index (κ2) is 6.68. The van der Waals surface area contributed by atoms with Crippen LogP contribution in [-0.2, 0) is 6.42 Å². The van der Waals surface area contributed by atoms with Gasteiger partial charge < -0.3 is 5.32 Å². The Morgan fingerprint density at radius 2 is 1.75 bits per heavy atom. The summed E-state index contributed by atoms with van der Waals surface area (Å²) in [6.45, 7) is 7.38. The third-order valence-electron chi connectivity index (χ3n) is 4.45. The average Bonchev–Trinajstić information content (AvgIpc) is 2.98. The average molecular weight is 322 g/mol. The van der Waals surface area contributed by atoms with E-state index in [2.05, 4.69) is 44.3 Å². The lowest BCUT2D eigenvalue weighted by Crippen LogP contribution is -2.41. The van der Waals surface area contributed by atoms with Gasteiger partial charge in [-0.15, -0.1) is 0 Å². The van der Waals surface area contributed by atoms with Crippen LogP contribution in [0, 0.1) is 5.41 Å². The van der Waals surface area contributed by atoms with Crippen molar-refractivity contribution in [2.24, 2.45) is 5.41 Å². The number of nitrogens with zero attached hydrogens (tertiary/aromatic N) is 1. The Labute approximate surface area is 144 Å². The largest absolute Gasteiger partial charge is 0.331 e. The standard InChI is InChI=1S/C21H26N2O/c1-21(2,3)15-18(16-9-5-4-6-10-16)22-20(24)23-14-13-17-11-7-8-12-19(17)23/h4-12,18H,13-15H2,1-3H3,(H,22,24). The van der Waals surface area contributed by atoms with Crippen molar-refractivity contribution < 1.29 is 4.79 Å². The van der Waals surface area contributed by atoms with Crippen LogP contribution in [0.5, 0.6) is 0 Å². The number of hydrogen-bond acceptors (Lipinski definition) is 1. The van der Waals surface area contributed by atoms with Crippen LogP contribution in [0.4, 0.5) is 10.5 Å². The van der Waals surface area contributed by atoms with E-state index in [9.17, 15) is 4.79 Å². The Kier molecular flexibility index (Phi) is 4.61. The Morgan fingerprint density at radius 1 is 1.08 bits per heavy atom. The molecule has 0 bridgehead atoms. The van der Waals surface area contributed by atoms with Gasteiger partial charge in [-0.2, -0.15) is 0 Å². The summed E-state index contributed by atoms with van der Waals surface area (Å²) < 4.78 is 0. The van der Waals surface area contributed by atoms with Gasteiger partial charge in [0, 0.05) is 12.2 Å². The van der Waals surface area contributed by atoms with Crippen LogP contribution in [0.1, 0.15) is 44.4 Å². The first-order valence-electron chi connectivity index (χ1n) is 8.65. The van der Waals surface area contributed by atoms with Crippen molar-refractivity contribution >= 4 is 11.7 Å². The van der Waals surface area contributed by atoms with E-state index in [0.29, 0.717) is 0 Å². The highest BCUT2D eigenvalue weighted by Crippen LogP contribution is 2.31. The molecule has 3 rings (SSSR count). The van der Waals surface area contributed by atoms with Crippen LogP contribution in [-0.4, -0.2) is 12.6 Å². The van der Waals surface area contributed by atoms with Gasteiger partial charge in [0.25, 0.3) is 0 Å². The van der Waals surface area contributed by atoms with Crippen molar-refractivity contribution in [3.8, 4) is 0 Å². The first-order chi connectivity index (χ1) is 11.4. The fourth-order valence-corrected chi connectivity index (χ4v) is 3.33. The number of carbonyl (C=O) groups excluding carboxylic acids is 1. The van der Waals surface area contributed by atoms with Gasteiger partial charge in [0.1, 0.15) is 0 Å². The number of para-hydroxylation sites is 1. The number of anilines is 1. The van der Waals surface area contributed by atoms with Crippen molar-refractivity contribution in [3.05, 3.63) is 65.7 Å². The monoisotopic (exact) mass is 322 g/mol. The fourth-order valence-electron chi connectivity index (χ4n) is 3.33. The minimum Gasteiger partial charge on any atom is -0.331 e. The molecule has 1 aliphatic heterocycles. The summed E-state index contributed by atoms with van der Waals surface area (Å²) in [6.07, 6.45) is 1.83. The predicted molar refractivity (Wildman–Crippen MR) is 99.3 cm³/mol. The molecule has 126 valence electrons. The van der Waals surface area contributed by atoms with Gasteiger partial charge >= 0.3 is 6.03 Å². The van der Waals surface area contributed by atoms with Gasteiger partial charge in [-0.25, -0.2) is 4.79 Å². The SMILES string of the molecule is CC(C)(C)CC(NC(=O)N1CCc2ccccc21)c1ccccc1. The zero-order chi connectivity index (χ0) is 17.2. The summed E-state index contributed by atoms with van der Waals surface area (Å²) in [5, 5.41) is 3.26. The molecule has 2 aromatic rings. The topological polar surface area (TPSA) is 32.3 Å². The molecule has 0 saturated carbocycles. The maximum absolute atomic E-state index is 12.9. The van der Waals surface area contributed by atoms with Crippen LogP contribution in [0.25, 0.3) is 0 Å². The molecule has 0 saturated heterocycles. The normalized spacial score (nSPS) is 15.0. The summed E-state index contributed by atoms with van der Waals surface area (Å²) in [4.78, 5) is 14.8. The molecule has 1 N–H and O–H groups in total. The second-order valence-corrected chi connectivity index (χ2v) is 7.71. The minimum atomic E-state index is -0.00180. The van der Waals surface area contributed by atoms with Gasteiger partial charge in [0.15, 0.2) is 0 Å². The van der Waals surface area contributed by atoms with E-state index < -0.39 is 0 Å². The van der Waals surface area contributed by atoms with Crippen LogP contribution >= 0.6 is 0 Å². The van der Waals surface area contributed by atoms with Crippen molar-refractivity contribution in [2.75, 3.05) is 11.4 Å². The molecule has 0 fully saturated rings. The van der Waals surface area contributed by atoms with Crippen molar-refractivity contribution in [1.29, 1.82) is 0 Å². The van der Waals surface area contributed by atoms with E-state index in [1.807, 2.05) is 41.3 Å². The summed E-state index contributed by atoms with van der Waals surface area (Å²) in [5.41, 5.74) is 3.59. The third kappa shape index (κ3) is 3.78. The lowest BCUT2D eigenvalue weighted by Gasteiger charge is -2.29. The van der Waals surface area contributed by atoms with Crippen LogP contribution in [0.3, 0.4) is 0 Å². The minimum absolute atomic E-state index is 0.00180. The van der Waals surface area contributed by atoms with E-state index in [0.717, 1.165) is 30.6 Å². The molecule has 3 nitrogen and oxygen atoms in total. The van der Waals surface area contributed by atoms with E-state index in [-0.39, 0.29) is 17.5 Å². The summed E-state index contributed by atoms with van der Waals surface area (Å²) >= 11 is 0. The number of urea groups is 1. The molecule has 2 amide bonds. The van der Waals surface area contributed by atoms with Gasteiger partial charge in [-0.1, -0.05) is 69.3 Å². The van der Waals surface area contributed by atoms with Crippen LogP contribution < -0.4 is 10.2 Å².